The molecule has 1 unspecified atom stereocenters. The van der Waals surface area contributed by atoms with Gasteiger partial charge in [0.25, 0.3) is 5.91 Å². The monoisotopic (exact) mass is 220 g/mol. The number of amides is 1. The van der Waals surface area contributed by atoms with Crippen LogP contribution in [0.4, 0.5) is 0 Å². The fraction of sp³-hybridized carbons (Fsp3) is 0.462. The molecule has 0 spiro atoms. The summed E-state index contributed by atoms with van der Waals surface area (Å²) in [6, 6.07) is 9.31. The van der Waals surface area contributed by atoms with Gasteiger partial charge >= 0.3 is 0 Å². The molecule has 0 aliphatic rings. The second-order valence-corrected chi connectivity index (χ2v) is 3.91. The Bertz CT molecular complexity index is 311. The number of nitrogens with one attached hydrogen (secondary N) is 2. The van der Waals surface area contributed by atoms with Crippen molar-refractivity contribution < 1.29 is 4.79 Å². The fourth-order valence-corrected chi connectivity index (χ4v) is 1.58. The zero-order chi connectivity index (χ0) is 11.8. The van der Waals surface area contributed by atoms with Gasteiger partial charge in [0.15, 0.2) is 0 Å². The van der Waals surface area contributed by atoms with E-state index in [9.17, 15) is 4.79 Å². The van der Waals surface area contributed by atoms with Crippen molar-refractivity contribution in [3.8, 4) is 0 Å². The van der Waals surface area contributed by atoms with Crippen LogP contribution in [0.15, 0.2) is 30.3 Å². The van der Waals surface area contributed by atoms with Crippen LogP contribution in [-0.4, -0.2) is 26.0 Å². The smallest absolute Gasteiger partial charge is 0.251 e. The molecule has 0 aliphatic heterocycles. The van der Waals surface area contributed by atoms with E-state index >= 15 is 0 Å². The molecule has 2 N–H and O–H groups in total. The van der Waals surface area contributed by atoms with Crippen LogP contribution in [0, 0.1) is 5.92 Å². The molecule has 0 radical (unpaired) electrons. The molecule has 1 atom stereocenters. The van der Waals surface area contributed by atoms with Crippen molar-refractivity contribution in [2.24, 2.45) is 5.92 Å². The van der Waals surface area contributed by atoms with Gasteiger partial charge in [0, 0.05) is 12.1 Å². The van der Waals surface area contributed by atoms with Gasteiger partial charge in [-0.1, -0.05) is 31.5 Å². The first-order valence-electron chi connectivity index (χ1n) is 5.75. The Labute approximate surface area is 97.2 Å². The molecule has 1 aromatic rings. The lowest BCUT2D eigenvalue weighted by Gasteiger charge is -2.14. The highest BCUT2D eigenvalue weighted by molar-refractivity contribution is 5.94. The van der Waals surface area contributed by atoms with Gasteiger partial charge in [-0.2, -0.15) is 0 Å². The largest absolute Gasteiger partial charge is 0.352 e. The number of hydrogen-bond donors (Lipinski definition) is 2. The van der Waals surface area contributed by atoms with E-state index < -0.39 is 0 Å². The van der Waals surface area contributed by atoms with Gasteiger partial charge in [-0.05, 0) is 31.6 Å². The van der Waals surface area contributed by atoms with Crippen molar-refractivity contribution in [3.05, 3.63) is 35.9 Å². The highest BCUT2D eigenvalue weighted by Gasteiger charge is 2.08. The molecule has 0 fully saturated rings. The predicted molar refractivity (Wildman–Crippen MR) is 66.5 cm³/mol. The maximum Gasteiger partial charge on any atom is 0.251 e. The molecule has 3 heteroatoms. The Hall–Kier alpha value is -1.35. The summed E-state index contributed by atoms with van der Waals surface area (Å²) < 4.78 is 0. The van der Waals surface area contributed by atoms with Crippen LogP contribution < -0.4 is 10.6 Å². The maximum atomic E-state index is 11.7. The van der Waals surface area contributed by atoms with Crippen LogP contribution in [0.1, 0.15) is 23.7 Å². The molecule has 3 nitrogen and oxygen atoms in total. The molecule has 0 heterocycles. The van der Waals surface area contributed by atoms with Crippen molar-refractivity contribution in [2.45, 2.75) is 13.3 Å². The van der Waals surface area contributed by atoms with Gasteiger partial charge in [0.05, 0.1) is 0 Å². The third-order valence-corrected chi connectivity index (χ3v) is 2.66. The molecule has 1 aromatic carbocycles. The van der Waals surface area contributed by atoms with E-state index in [1.807, 2.05) is 37.4 Å². The van der Waals surface area contributed by atoms with E-state index in [0.717, 1.165) is 25.1 Å². The van der Waals surface area contributed by atoms with Gasteiger partial charge in [0.1, 0.15) is 0 Å². The molecular weight excluding hydrogens is 200 g/mol. The van der Waals surface area contributed by atoms with Crippen LogP contribution in [0.2, 0.25) is 0 Å². The highest BCUT2D eigenvalue weighted by Crippen LogP contribution is 2.01. The second kappa shape index (κ2) is 7.01. The lowest BCUT2D eigenvalue weighted by atomic mass is 10.1. The molecule has 1 rings (SSSR count). The third-order valence-electron chi connectivity index (χ3n) is 2.66. The lowest BCUT2D eigenvalue weighted by molar-refractivity contribution is 0.0947. The van der Waals surface area contributed by atoms with Gasteiger partial charge in [0.2, 0.25) is 0 Å². The Morgan fingerprint density at radius 3 is 2.50 bits per heavy atom. The Morgan fingerprint density at radius 1 is 1.25 bits per heavy atom. The first kappa shape index (κ1) is 12.7. The molecule has 16 heavy (non-hydrogen) atoms. The standard InChI is InChI=1S/C13H20N2O/c1-3-11(9-14-2)10-15-13(16)12-7-5-4-6-8-12/h4-8,11,14H,3,9-10H2,1-2H3,(H,15,16). The van der Waals surface area contributed by atoms with Gasteiger partial charge in [-0.25, -0.2) is 0 Å². The first-order valence-corrected chi connectivity index (χ1v) is 5.75. The van der Waals surface area contributed by atoms with Gasteiger partial charge < -0.3 is 10.6 Å². The van der Waals surface area contributed by atoms with Gasteiger partial charge in [-0.3, -0.25) is 4.79 Å². The Balaban J connectivity index is 2.40. The predicted octanol–water partition coefficient (Wildman–Crippen LogP) is 1.66. The van der Waals surface area contributed by atoms with Crippen molar-refractivity contribution in [3.63, 3.8) is 0 Å². The average Bonchev–Trinajstić information content (AvgIpc) is 2.35. The lowest BCUT2D eigenvalue weighted by Crippen LogP contribution is -2.33. The summed E-state index contributed by atoms with van der Waals surface area (Å²) in [6.07, 6.45) is 1.07. The van der Waals surface area contributed by atoms with E-state index in [4.69, 9.17) is 0 Å². The van der Waals surface area contributed by atoms with Crippen LogP contribution in [0.3, 0.4) is 0 Å². The molecule has 0 aromatic heterocycles. The maximum absolute atomic E-state index is 11.7. The minimum absolute atomic E-state index is 0.00940. The van der Waals surface area contributed by atoms with E-state index in [0.29, 0.717) is 5.92 Å². The quantitative estimate of drug-likeness (QED) is 0.765. The number of carbonyl (C=O) groups excluding carboxylic acids is 1. The molecular formula is C13H20N2O. The van der Waals surface area contributed by atoms with Crippen LogP contribution in [0.25, 0.3) is 0 Å². The normalized spacial score (nSPS) is 12.1. The third kappa shape index (κ3) is 4.03. The van der Waals surface area contributed by atoms with Crippen LogP contribution in [-0.2, 0) is 0 Å². The summed E-state index contributed by atoms with van der Waals surface area (Å²) in [4.78, 5) is 11.7. The van der Waals surface area contributed by atoms with E-state index in [1.54, 1.807) is 0 Å². The number of hydrogen-bond acceptors (Lipinski definition) is 2. The minimum Gasteiger partial charge on any atom is -0.352 e. The second-order valence-electron chi connectivity index (χ2n) is 3.91. The molecule has 88 valence electrons. The number of rotatable bonds is 6. The SMILES string of the molecule is CCC(CNC)CNC(=O)c1ccccc1. The number of benzene rings is 1. The summed E-state index contributed by atoms with van der Waals surface area (Å²) in [5.41, 5.74) is 0.724. The van der Waals surface area contributed by atoms with Crippen molar-refractivity contribution in [2.75, 3.05) is 20.1 Å². The molecule has 0 saturated carbocycles. The van der Waals surface area contributed by atoms with Gasteiger partial charge in [-0.15, -0.1) is 0 Å². The Morgan fingerprint density at radius 2 is 1.94 bits per heavy atom. The molecule has 0 saturated heterocycles. The summed E-state index contributed by atoms with van der Waals surface area (Å²) in [6.45, 7) is 3.80. The zero-order valence-corrected chi connectivity index (χ0v) is 9.99. The van der Waals surface area contributed by atoms with Crippen molar-refractivity contribution in [1.82, 2.24) is 10.6 Å². The summed E-state index contributed by atoms with van der Waals surface area (Å²) >= 11 is 0. The average molecular weight is 220 g/mol. The van der Waals surface area contributed by atoms with Crippen molar-refractivity contribution in [1.29, 1.82) is 0 Å². The highest BCUT2D eigenvalue weighted by atomic mass is 16.1. The van der Waals surface area contributed by atoms with E-state index in [2.05, 4.69) is 17.6 Å². The topological polar surface area (TPSA) is 41.1 Å². The number of carbonyl (C=O) groups is 1. The summed E-state index contributed by atoms with van der Waals surface area (Å²) in [5.74, 6) is 0.507. The van der Waals surface area contributed by atoms with E-state index in [1.165, 1.54) is 0 Å². The van der Waals surface area contributed by atoms with Crippen molar-refractivity contribution >= 4 is 5.91 Å². The minimum atomic E-state index is 0.00940. The fourth-order valence-electron chi connectivity index (χ4n) is 1.58. The molecule has 1 amide bonds. The molecule has 0 bridgehead atoms. The summed E-state index contributed by atoms with van der Waals surface area (Å²) in [7, 11) is 1.93. The van der Waals surface area contributed by atoms with Crippen LogP contribution in [0.5, 0.6) is 0 Å². The zero-order valence-electron chi connectivity index (χ0n) is 9.99. The molecule has 0 aliphatic carbocycles. The first-order chi connectivity index (χ1) is 7.77. The summed E-state index contributed by atoms with van der Waals surface area (Å²) in [5, 5.41) is 6.09. The Kier molecular flexibility index (Phi) is 5.57. The van der Waals surface area contributed by atoms with Crippen LogP contribution >= 0.6 is 0 Å². The van der Waals surface area contributed by atoms with E-state index in [-0.39, 0.29) is 5.91 Å².